The molecule has 1 N–H and O–H groups in total. The number of hydrogen-bond donors (Lipinski definition) is 1. The lowest BCUT2D eigenvalue weighted by Crippen LogP contribution is -2.06. The summed E-state index contributed by atoms with van der Waals surface area (Å²) in [5.74, 6) is 0. The summed E-state index contributed by atoms with van der Waals surface area (Å²) in [7, 11) is 1.94. The zero-order valence-electron chi connectivity index (χ0n) is 10.00. The Labute approximate surface area is 107 Å². The van der Waals surface area contributed by atoms with Gasteiger partial charge in [0.05, 0.1) is 0 Å². The van der Waals surface area contributed by atoms with Crippen molar-refractivity contribution in [1.29, 1.82) is 0 Å². The largest absolute Gasteiger partial charge is 0.316 e. The van der Waals surface area contributed by atoms with E-state index in [0.29, 0.717) is 0 Å². The number of aromatic nitrogens is 1. The third-order valence-electron chi connectivity index (χ3n) is 2.77. The van der Waals surface area contributed by atoms with E-state index in [4.69, 9.17) is 11.6 Å². The van der Waals surface area contributed by atoms with Crippen LogP contribution in [-0.4, -0.2) is 12.0 Å². The molecule has 3 heteroatoms. The van der Waals surface area contributed by atoms with E-state index >= 15 is 0 Å². The molecular weight excluding hydrogens is 232 g/mol. The molecule has 0 radical (unpaired) electrons. The minimum absolute atomic E-state index is 0.753. The van der Waals surface area contributed by atoms with E-state index in [0.717, 1.165) is 22.7 Å². The molecule has 2 aromatic rings. The lowest BCUT2D eigenvalue weighted by molar-refractivity contribution is 0.819. The highest BCUT2D eigenvalue weighted by Gasteiger charge is 2.08. The van der Waals surface area contributed by atoms with Gasteiger partial charge in [-0.15, -0.1) is 0 Å². The Bertz CT molecular complexity index is 523. The van der Waals surface area contributed by atoms with Crippen molar-refractivity contribution in [2.45, 2.75) is 13.5 Å². The normalized spacial score (nSPS) is 10.5. The van der Waals surface area contributed by atoms with Gasteiger partial charge >= 0.3 is 0 Å². The van der Waals surface area contributed by atoms with E-state index in [2.05, 4.69) is 23.3 Å². The fourth-order valence-corrected chi connectivity index (χ4v) is 2.06. The van der Waals surface area contributed by atoms with Crippen LogP contribution in [0.15, 0.2) is 36.7 Å². The van der Waals surface area contributed by atoms with Crippen LogP contribution in [0.2, 0.25) is 5.02 Å². The number of nitrogens with one attached hydrogen (secondary N) is 1. The van der Waals surface area contributed by atoms with Crippen LogP contribution in [0.25, 0.3) is 11.1 Å². The molecule has 1 aromatic carbocycles. The van der Waals surface area contributed by atoms with Gasteiger partial charge in [0.15, 0.2) is 0 Å². The summed E-state index contributed by atoms with van der Waals surface area (Å²) in [4.78, 5) is 4.19. The summed E-state index contributed by atoms with van der Waals surface area (Å²) >= 11 is 6.08. The number of hydrogen-bond acceptors (Lipinski definition) is 2. The molecule has 2 rings (SSSR count). The van der Waals surface area contributed by atoms with Crippen molar-refractivity contribution in [2.75, 3.05) is 7.05 Å². The molecular formula is C14H15ClN2. The van der Waals surface area contributed by atoms with Crippen molar-refractivity contribution in [2.24, 2.45) is 0 Å². The van der Waals surface area contributed by atoms with Gasteiger partial charge in [-0.1, -0.05) is 17.7 Å². The molecule has 0 aliphatic rings. The SMILES string of the molecule is CNCc1ccc(Cl)cc1-c1cnccc1C. The Balaban J connectivity index is 2.57. The smallest absolute Gasteiger partial charge is 0.0412 e. The number of rotatable bonds is 3. The highest BCUT2D eigenvalue weighted by molar-refractivity contribution is 6.30. The van der Waals surface area contributed by atoms with Crippen molar-refractivity contribution in [3.8, 4) is 11.1 Å². The second kappa shape index (κ2) is 5.30. The molecule has 0 saturated heterocycles. The zero-order valence-corrected chi connectivity index (χ0v) is 10.8. The van der Waals surface area contributed by atoms with E-state index in [9.17, 15) is 0 Å². The van der Waals surface area contributed by atoms with Crippen LogP contribution in [0, 0.1) is 6.92 Å². The predicted octanol–water partition coefficient (Wildman–Crippen LogP) is 3.43. The first-order chi connectivity index (χ1) is 8.22. The average molecular weight is 247 g/mol. The van der Waals surface area contributed by atoms with Crippen LogP contribution in [-0.2, 0) is 6.54 Å². The highest BCUT2D eigenvalue weighted by atomic mass is 35.5. The lowest BCUT2D eigenvalue weighted by Gasteiger charge is -2.11. The van der Waals surface area contributed by atoms with Gasteiger partial charge in [-0.3, -0.25) is 4.98 Å². The molecule has 0 spiro atoms. The molecule has 2 nitrogen and oxygen atoms in total. The summed E-state index contributed by atoms with van der Waals surface area (Å²) in [6.45, 7) is 2.90. The number of nitrogens with zero attached hydrogens (tertiary/aromatic N) is 1. The predicted molar refractivity (Wildman–Crippen MR) is 72.2 cm³/mol. The Hall–Kier alpha value is -1.38. The summed E-state index contributed by atoms with van der Waals surface area (Å²) in [6, 6.07) is 7.99. The van der Waals surface area contributed by atoms with Crippen LogP contribution in [0.4, 0.5) is 0 Å². The van der Waals surface area contributed by atoms with Crippen molar-refractivity contribution < 1.29 is 0 Å². The fraction of sp³-hybridized carbons (Fsp3) is 0.214. The van der Waals surface area contributed by atoms with Gasteiger partial charge in [-0.25, -0.2) is 0 Å². The summed E-state index contributed by atoms with van der Waals surface area (Å²) in [5, 5.41) is 3.92. The molecule has 0 atom stereocenters. The summed E-state index contributed by atoms with van der Waals surface area (Å²) in [6.07, 6.45) is 3.70. The maximum absolute atomic E-state index is 6.08. The Morgan fingerprint density at radius 3 is 2.76 bits per heavy atom. The quantitative estimate of drug-likeness (QED) is 0.898. The zero-order chi connectivity index (χ0) is 12.3. The molecule has 0 amide bonds. The molecule has 1 aromatic heterocycles. The summed E-state index contributed by atoms with van der Waals surface area (Å²) in [5.41, 5.74) is 4.73. The monoisotopic (exact) mass is 246 g/mol. The molecule has 17 heavy (non-hydrogen) atoms. The van der Waals surface area contributed by atoms with Crippen molar-refractivity contribution in [1.82, 2.24) is 10.3 Å². The first-order valence-corrected chi connectivity index (χ1v) is 5.94. The molecule has 0 aliphatic heterocycles. The molecule has 0 saturated carbocycles. The van der Waals surface area contributed by atoms with Gasteiger partial charge < -0.3 is 5.32 Å². The van der Waals surface area contributed by atoms with E-state index in [1.807, 2.05) is 31.4 Å². The summed E-state index contributed by atoms with van der Waals surface area (Å²) < 4.78 is 0. The molecule has 0 fully saturated rings. The average Bonchev–Trinajstić information content (AvgIpc) is 2.32. The molecule has 1 heterocycles. The van der Waals surface area contributed by atoms with Gasteiger partial charge in [0.25, 0.3) is 0 Å². The van der Waals surface area contributed by atoms with Crippen LogP contribution in [0.5, 0.6) is 0 Å². The van der Waals surface area contributed by atoms with Gasteiger partial charge in [-0.2, -0.15) is 0 Å². The van der Waals surface area contributed by atoms with Crippen LogP contribution in [0.3, 0.4) is 0 Å². The van der Waals surface area contributed by atoms with Crippen LogP contribution >= 0.6 is 11.6 Å². The lowest BCUT2D eigenvalue weighted by atomic mass is 9.98. The fourth-order valence-electron chi connectivity index (χ4n) is 1.89. The van der Waals surface area contributed by atoms with Crippen molar-refractivity contribution >= 4 is 11.6 Å². The van der Waals surface area contributed by atoms with Crippen LogP contribution in [0.1, 0.15) is 11.1 Å². The minimum atomic E-state index is 0.753. The first kappa shape index (κ1) is 12.1. The first-order valence-electron chi connectivity index (χ1n) is 5.56. The van der Waals surface area contributed by atoms with Gasteiger partial charge in [0.2, 0.25) is 0 Å². The van der Waals surface area contributed by atoms with Gasteiger partial charge in [-0.05, 0) is 48.9 Å². The van der Waals surface area contributed by atoms with Crippen molar-refractivity contribution in [3.05, 3.63) is 52.8 Å². The van der Waals surface area contributed by atoms with Crippen molar-refractivity contribution in [3.63, 3.8) is 0 Å². The second-order valence-corrected chi connectivity index (χ2v) is 4.46. The Morgan fingerprint density at radius 1 is 1.24 bits per heavy atom. The maximum atomic E-state index is 6.08. The standard InChI is InChI=1S/C14H15ClN2/c1-10-5-6-17-9-14(10)13-7-12(15)4-3-11(13)8-16-2/h3-7,9,16H,8H2,1-2H3. The Kier molecular flexibility index (Phi) is 3.77. The third-order valence-corrected chi connectivity index (χ3v) is 3.00. The number of halogens is 1. The third kappa shape index (κ3) is 2.65. The highest BCUT2D eigenvalue weighted by Crippen LogP contribution is 2.28. The van der Waals surface area contributed by atoms with E-state index in [1.54, 1.807) is 6.20 Å². The van der Waals surface area contributed by atoms with E-state index < -0.39 is 0 Å². The maximum Gasteiger partial charge on any atom is 0.0412 e. The Morgan fingerprint density at radius 2 is 2.06 bits per heavy atom. The molecule has 0 unspecified atom stereocenters. The number of pyridine rings is 1. The minimum Gasteiger partial charge on any atom is -0.316 e. The number of benzene rings is 1. The van der Waals surface area contributed by atoms with Gasteiger partial charge in [0.1, 0.15) is 0 Å². The van der Waals surface area contributed by atoms with E-state index in [-0.39, 0.29) is 0 Å². The number of aryl methyl sites for hydroxylation is 1. The molecule has 88 valence electrons. The topological polar surface area (TPSA) is 24.9 Å². The van der Waals surface area contributed by atoms with E-state index in [1.165, 1.54) is 11.1 Å². The second-order valence-electron chi connectivity index (χ2n) is 4.02. The molecule has 0 bridgehead atoms. The van der Waals surface area contributed by atoms with Crippen LogP contribution < -0.4 is 5.32 Å². The van der Waals surface area contributed by atoms with Gasteiger partial charge in [0, 0.05) is 29.5 Å². The molecule has 0 aliphatic carbocycles.